The topological polar surface area (TPSA) is 47.6 Å². The Balaban J connectivity index is 2.52. The van der Waals surface area contributed by atoms with Crippen LogP contribution in [0.15, 0.2) is 4.99 Å². The molecule has 0 bridgehead atoms. The Labute approximate surface area is 74.0 Å². The van der Waals surface area contributed by atoms with E-state index in [0.717, 1.165) is 19.4 Å². The molecule has 1 unspecified atom stereocenters. The number of nitrogens with two attached hydrogens (primary N) is 1. The lowest BCUT2D eigenvalue weighted by molar-refractivity contribution is -0.0575. The Kier molecular flexibility index (Phi) is 2.73. The lowest BCUT2D eigenvalue weighted by Crippen LogP contribution is -2.36. The van der Waals surface area contributed by atoms with E-state index < -0.39 is 0 Å². The van der Waals surface area contributed by atoms with Gasteiger partial charge >= 0.3 is 0 Å². The molecule has 70 valence electrons. The highest BCUT2D eigenvalue weighted by molar-refractivity contribution is 5.77. The van der Waals surface area contributed by atoms with Crippen LogP contribution in [0.25, 0.3) is 0 Å². The molecule has 0 aromatic carbocycles. The summed E-state index contributed by atoms with van der Waals surface area (Å²) >= 11 is 0. The lowest BCUT2D eigenvalue weighted by Gasteiger charge is -2.33. The van der Waals surface area contributed by atoms with Crippen molar-refractivity contribution in [2.24, 2.45) is 10.7 Å². The summed E-state index contributed by atoms with van der Waals surface area (Å²) in [6.07, 6.45) is 1.97. The molecule has 2 N–H and O–H groups in total. The lowest BCUT2D eigenvalue weighted by atomic mass is 9.94. The Morgan fingerprint density at radius 1 is 1.58 bits per heavy atom. The average Bonchev–Trinajstić information content (AvgIpc) is 1.82. The maximum atomic E-state index is 5.57. The van der Waals surface area contributed by atoms with Crippen molar-refractivity contribution in [3.63, 3.8) is 0 Å². The van der Waals surface area contributed by atoms with Gasteiger partial charge in [0.05, 0.1) is 17.5 Å². The molecule has 0 aliphatic carbocycles. The van der Waals surface area contributed by atoms with Crippen molar-refractivity contribution < 1.29 is 4.74 Å². The van der Waals surface area contributed by atoms with E-state index in [1.807, 2.05) is 6.92 Å². The van der Waals surface area contributed by atoms with Crippen molar-refractivity contribution in [1.82, 2.24) is 0 Å². The average molecular weight is 170 g/mol. The van der Waals surface area contributed by atoms with Crippen LogP contribution >= 0.6 is 0 Å². The van der Waals surface area contributed by atoms with E-state index in [1.54, 1.807) is 0 Å². The van der Waals surface area contributed by atoms with Crippen molar-refractivity contribution in [3.05, 3.63) is 0 Å². The Bertz CT molecular complexity index is 183. The maximum Gasteiger partial charge on any atom is 0.0909 e. The van der Waals surface area contributed by atoms with Gasteiger partial charge in [0.25, 0.3) is 0 Å². The third-order valence-electron chi connectivity index (χ3n) is 2.06. The first-order valence-corrected chi connectivity index (χ1v) is 4.43. The van der Waals surface area contributed by atoms with Gasteiger partial charge in [0, 0.05) is 6.61 Å². The van der Waals surface area contributed by atoms with Crippen LogP contribution in [0, 0.1) is 0 Å². The van der Waals surface area contributed by atoms with Crippen molar-refractivity contribution in [2.45, 2.75) is 45.3 Å². The number of ether oxygens (including phenoxy) is 1. The van der Waals surface area contributed by atoms with Gasteiger partial charge in [-0.1, -0.05) is 0 Å². The number of rotatable bonds is 1. The molecular weight excluding hydrogens is 152 g/mol. The molecule has 12 heavy (non-hydrogen) atoms. The van der Waals surface area contributed by atoms with Crippen LogP contribution in [0.3, 0.4) is 0 Å². The molecule has 0 spiro atoms. The molecule has 0 amide bonds. The van der Waals surface area contributed by atoms with Crippen LogP contribution in [-0.4, -0.2) is 24.1 Å². The Morgan fingerprint density at radius 3 is 2.75 bits per heavy atom. The number of nitrogens with zero attached hydrogens (tertiary/aromatic N) is 1. The molecule has 0 radical (unpaired) electrons. The number of aliphatic imine (C=N–C) groups is 1. The van der Waals surface area contributed by atoms with E-state index >= 15 is 0 Å². The molecule has 3 nitrogen and oxygen atoms in total. The van der Waals surface area contributed by atoms with Crippen molar-refractivity contribution in [1.29, 1.82) is 0 Å². The van der Waals surface area contributed by atoms with Crippen LogP contribution in [0.2, 0.25) is 0 Å². The summed E-state index contributed by atoms with van der Waals surface area (Å²) in [6.45, 7) is 6.83. The Morgan fingerprint density at radius 2 is 2.25 bits per heavy atom. The fraction of sp³-hybridized carbons (Fsp3) is 0.889. The number of hydrogen-bond acceptors (Lipinski definition) is 2. The molecule has 1 rings (SSSR count). The van der Waals surface area contributed by atoms with Gasteiger partial charge in [-0.3, -0.25) is 4.99 Å². The molecule has 1 aliphatic heterocycles. The van der Waals surface area contributed by atoms with E-state index in [1.165, 1.54) is 0 Å². The minimum atomic E-state index is -0.0259. The van der Waals surface area contributed by atoms with Gasteiger partial charge in [-0.15, -0.1) is 0 Å². The Hall–Kier alpha value is -0.570. The smallest absolute Gasteiger partial charge is 0.0909 e. The highest BCUT2D eigenvalue weighted by atomic mass is 16.5. The highest BCUT2D eigenvalue weighted by Gasteiger charge is 2.28. The first-order chi connectivity index (χ1) is 5.49. The second kappa shape index (κ2) is 3.44. The second-order valence-electron chi connectivity index (χ2n) is 4.03. The van der Waals surface area contributed by atoms with E-state index in [9.17, 15) is 0 Å². The highest BCUT2D eigenvalue weighted by Crippen LogP contribution is 2.25. The first kappa shape index (κ1) is 9.52. The fourth-order valence-electron chi connectivity index (χ4n) is 1.60. The SMILES string of the molecule is CC(N)=NC1CCOC(C)(C)C1. The largest absolute Gasteiger partial charge is 0.388 e. The zero-order chi connectivity index (χ0) is 9.19. The normalized spacial score (nSPS) is 30.2. The van der Waals surface area contributed by atoms with Crippen LogP contribution < -0.4 is 5.73 Å². The summed E-state index contributed by atoms with van der Waals surface area (Å²) in [5.41, 5.74) is 5.50. The molecule has 0 aromatic rings. The fourth-order valence-corrected chi connectivity index (χ4v) is 1.60. The molecule has 1 heterocycles. The van der Waals surface area contributed by atoms with Crippen molar-refractivity contribution >= 4 is 5.84 Å². The van der Waals surface area contributed by atoms with Gasteiger partial charge in [-0.05, 0) is 33.6 Å². The van der Waals surface area contributed by atoms with Gasteiger partial charge in [0.1, 0.15) is 0 Å². The van der Waals surface area contributed by atoms with Crippen LogP contribution in [-0.2, 0) is 4.74 Å². The molecule has 0 saturated carbocycles. The molecule has 1 fully saturated rings. The summed E-state index contributed by atoms with van der Waals surface area (Å²) in [5, 5.41) is 0. The van der Waals surface area contributed by atoms with Crippen LogP contribution in [0.5, 0.6) is 0 Å². The van der Waals surface area contributed by atoms with Gasteiger partial charge in [-0.25, -0.2) is 0 Å². The molecule has 0 aromatic heterocycles. The second-order valence-corrected chi connectivity index (χ2v) is 4.03. The third kappa shape index (κ3) is 2.81. The zero-order valence-corrected chi connectivity index (χ0v) is 8.13. The zero-order valence-electron chi connectivity index (χ0n) is 8.13. The van der Waals surface area contributed by atoms with E-state index in [-0.39, 0.29) is 5.60 Å². The van der Waals surface area contributed by atoms with Gasteiger partial charge in [0.2, 0.25) is 0 Å². The summed E-state index contributed by atoms with van der Waals surface area (Å²) < 4.78 is 5.57. The maximum absolute atomic E-state index is 5.57. The molecule has 1 aliphatic rings. The standard InChI is InChI=1S/C9H18N2O/c1-7(10)11-8-4-5-12-9(2,3)6-8/h8H,4-6H2,1-3H3,(H2,10,11). The molecule has 1 saturated heterocycles. The van der Waals surface area contributed by atoms with Gasteiger partial charge in [-0.2, -0.15) is 0 Å². The van der Waals surface area contributed by atoms with Crippen molar-refractivity contribution in [2.75, 3.05) is 6.61 Å². The number of hydrogen-bond donors (Lipinski definition) is 1. The van der Waals surface area contributed by atoms with E-state index in [0.29, 0.717) is 11.9 Å². The summed E-state index contributed by atoms with van der Waals surface area (Å²) in [5.74, 6) is 0.678. The first-order valence-electron chi connectivity index (χ1n) is 4.43. The quantitative estimate of drug-likeness (QED) is 0.476. The third-order valence-corrected chi connectivity index (χ3v) is 2.06. The monoisotopic (exact) mass is 170 g/mol. The van der Waals surface area contributed by atoms with Gasteiger partial charge in [0.15, 0.2) is 0 Å². The predicted molar refractivity (Wildman–Crippen MR) is 50.3 cm³/mol. The van der Waals surface area contributed by atoms with Crippen molar-refractivity contribution in [3.8, 4) is 0 Å². The minimum absolute atomic E-state index is 0.0259. The molecule has 1 atom stereocenters. The summed E-state index contributed by atoms with van der Waals surface area (Å²) in [7, 11) is 0. The predicted octanol–water partition coefficient (Wildman–Crippen LogP) is 1.32. The summed E-state index contributed by atoms with van der Waals surface area (Å²) in [6, 6.07) is 0.360. The summed E-state index contributed by atoms with van der Waals surface area (Å²) in [4.78, 5) is 4.35. The molecular formula is C9H18N2O. The van der Waals surface area contributed by atoms with Gasteiger partial charge < -0.3 is 10.5 Å². The van der Waals surface area contributed by atoms with E-state index in [2.05, 4.69) is 18.8 Å². The number of amidine groups is 1. The minimum Gasteiger partial charge on any atom is -0.388 e. The van der Waals surface area contributed by atoms with Crippen LogP contribution in [0.4, 0.5) is 0 Å². The molecule has 3 heteroatoms. The van der Waals surface area contributed by atoms with Crippen LogP contribution in [0.1, 0.15) is 33.6 Å². The van der Waals surface area contributed by atoms with E-state index in [4.69, 9.17) is 10.5 Å².